The normalized spacial score (nSPS) is 11.2. The predicted octanol–water partition coefficient (Wildman–Crippen LogP) is 4.94. The monoisotopic (exact) mass is 371 g/mol. The zero-order valence-corrected chi connectivity index (χ0v) is 16.3. The molecule has 142 valence electrons. The topological polar surface area (TPSA) is 49.9 Å². The Bertz CT molecular complexity index is 1070. The van der Waals surface area contributed by atoms with Crippen molar-refractivity contribution >= 4 is 11.0 Å². The molecule has 0 radical (unpaired) electrons. The predicted molar refractivity (Wildman–Crippen MR) is 115 cm³/mol. The zero-order chi connectivity index (χ0) is 19.3. The molecule has 4 heteroatoms. The molecule has 0 bridgehead atoms. The molecule has 4 rings (SSSR count). The minimum absolute atomic E-state index is 0.719. The molecule has 0 aliphatic heterocycles. The summed E-state index contributed by atoms with van der Waals surface area (Å²) in [6.45, 7) is 4.38. The van der Waals surface area contributed by atoms with Crippen molar-refractivity contribution in [2.24, 2.45) is 0 Å². The molecule has 0 aliphatic rings. The number of imidazole rings is 1. The van der Waals surface area contributed by atoms with Crippen molar-refractivity contribution in [3.8, 4) is 22.3 Å². The van der Waals surface area contributed by atoms with Gasteiger partial charge in [-0.3, -0.25) is 0 Å². The second kappa shape index (κ2) is 8.38. The molecule has 0 saturated carbocycles. The van der Waals surface area contributed by atoms with E-state index < -0.39 is 0 Å². The molecule has 0 saturated heterocycles. The summed E-state index contributed by atoms with van der Waals surface area (Å²) in [6, 6.07) is 23.7. The Kier molecular flexibility index (Phi) is 5.51. The molecular formula is C24H25N3O. The van der Waals surface area contributed by atoms with Crippen molar-refractivity contribution < 1.29 is 4.74 Å². The molecule has 4 nitrogen and oxygen atoms in total. The van der Waals surface area contributed by atoms with Crippen LogP contribution in [0.5, 0.6) is 0 Å². The molecule has 0 aliphatic carbocycles. The summed E-state index contributed by atoms with van der Waals surface area (Å²) in [7, 11) is 1.72. The number of nitrogens with one attached hydrogen (secondary N) is 2. The lowest BCUT2D eigenvalue weighted by Crippen LogP contribution is -2.18. The van der Waals surface area contributed by atoms with Gasteiger partial charge in [0.1, 0.15) is 5.82 Å². The van der Waals surface area contributed by atoms with Crippen LogP contribution < -0.4 is 5.32 Å². The van der Waals surface area contributed by atoms with E-state index in [2.05, 4.69) is 82.0 Å². The maximum atomic E-state index is 5.11. The van der Waals surface area contributed by atoms with Gasteiger partial charge in [-0.1, -0.05) is 54.6 Å². The highest BCUT2D eigenvalue weighted by Crippen LogP contribution is 2.28. The van der Waals surface area contributed by atoms with Gasteiger partial charge in [-0.05, 0) is 46.9 Å². The lowest BCUT2D eigenvalue weighted by molar-refractivity contribution is 0.199. The SMILES string of the molecule is COCCNCc1ccccc1-c1ccc(-c2ccc3nc(C)[nH]c3c2)cc1. The van der Waals surface area contributed by atoms with E-state index in [1.807, 2.05) is 6.92 Å². The van der Waals surface area contributed by atoms with Gasteiger partial charge in [-0.15, -0.1) is 0 Å². The van der Waals surface area contributed by atoms with Crippen LogP contribution in [0.1, 0.15) is 11.4 Å². The van der Waals surface area contributed by atoms with E-state index in [-0.39, 0.29) is 0 Å². The van der Waals surface area contributed by atoms with Crippen LogP contribution in [0, 0.1) is 6.92 Å². The fraction of sp³-hybridized carbons (Fsp3) is 0.208. The van der Waals surface area contributed by atoms with Crippen LogP contribution in [-0.2, 0) is 11.3 Å². The van der Waals surface area contributed by atoms with Gasteiger partial charge in [0.2, 0.25) is 0 Å². The Hall–Kier alpha value is -2.95. The van der Waals surface area contributed by atoms with E-state index >= 15 is 0 Å². The van der Waals surface area contributed by atoms with Crippen LogP contribution >= 0.6 is 0 Å². The van der Waals surface area contributed by atoms with Crippen molar-refractivity contribution in [3.63, 3.8) is 0 Å². The van der Waals surface area contributed by atoms with Crippen LogP contribution in [0.3, 0.4) is 0 Å². The summed E-state index contributed by atoms with van der Waals surface area (Å²) in [6.07, 6.45) is 0. The highest BCUT2D eigenvalue weighted by atomic mass is 16.5. The fourth-order valence-corrected chi connectivity index (χ4v) is 3.51. The molecule has 3 aromatic carbocycles. The fourth-order valence-electron chi connectivity index (χ4n) is 3.51. The second-order valence-corrected chi connectivity index (χ2v) is 6.96. The second-order valence-electron chi connectivity index (χ2n) is 6.96. The summed E-state index contributed by atoms with van der Waals surface area (Å²) in [5.74, 6) is 0.943. The highest BCUT2D eigenvalue weighted by molar-refractivity contribution is 5.82. The molecule has 0 unspecified atom stereocenters. The molecule has 1 heterocycles. The lowest BCUT2D eigenvalue weighted by Gasteiger charge is -2.11. The van der Waals surface area contributed by atoms with Crippen LogP contribution in [0.4, 0.5) is 0 Å². The Labute approximate surface area is 165 Å². The Morgan fingerprint density at radius 3 is 2.50 bits per heavy atom. The Morgan fingerprint density at radius 2 is 1.68 bits per heavy atom. The number of methoxy groups -OCH3 is 1. The van der Waals surface area contributed by atoms with Gasteiger partial charge >= 0.3 is 0 Å². The van der Waals surface area contributed by atoms with E-state index in [9.17, 15) is 0 Å². The molecule has 2 N–H and O–H groups in total. The largest absolute Gasteiger partial charge is 0.383 e. The highest BCUT2D eigenvalue weighted by Gasteiger charge is 2.07. The van der Waals surface area contributed by atoms with Gasteiger partial charge in [-0.25, -0.2) is 4.98 Å². The van der Waals surface area contributed by atoms with Crippen molar-refractivity contribution in [2.75, 3.05) is 20.3 Å². The first-order valence-corrected chi connectivity index (χ1v) is 9.59. The quantitative estimate of drug-likeness (QED) is 0.452. The van der Waals surface area contributed by atoms with Gasteiger partial charge < -0.3 is 15.0 Å². The van der Waals surface area contributed by atoms with Crippen molar-refractivity contribution in [3.05, 3.63) is 78.1 Å². The maximum absolute atomic E-state index is 5.11. The first kappa shape index (κ1) is 18.4. The molecule has 0 spiro atoms. The summed E-state index contributed by atoms with van der Waals surface area (Å²) in [5, 5.41) is 3.43. The van der Waals surface area contributed by atoms with Crippen molar-refractivity contribution in [2.45, 2.75) is 13.5 Å². The molecular weight excluding hydrogens is 346 g/mol. The number of rotatable bonds is 7. The molecule has 0 fully saturated rings. The van der Waals surface area contributed by atoms with E-state index in [0.29, 0.717) is 0 Å². The molecule has 4 aromatic rings. The van der Waals surface area contributed by atoms with Gasteiger partial charge in [-0.2, -0.15) is 0 Å². The number of aryl methyl sites for hydroxylation is 1. The van der Waals surface area contributed by atoms with E-state index in [0.717, 1.165) is 36.6 Å². The minimum atomic E-state index is 0.719. The number of aromatic amines is 1. The zero-order valence-electron chi connectivity index (χ0n) is 16.3. The lowest BCUT2D eigenvalue weighted by atomic mass is 9.97. The maximum Gasteiger partial charge on any atom is 0.104 e. The summed E-state index contributed by atoms with van der Waals surface area (Å²) in [4.78, 5) is 7.79. The van der Waals surface area contributed by atoms with Crippen LogP contribution in [-0.4, -0.2) is 30.2 Å². The first-order chi connectivity index (χ1) is 13.7. The van der Waals surface area contributed by atoms with Crippen LogP contribution in [0.2, 0.25) is 0 Å². The van der Waals surface area contributed by atoms with Gasteiger partial charge in [0.25, 0.3) is 0 Å². The third kappa shape index (κ3) is 3.98. The number of aromatic nitrogens is 2. The average Bonchev–Trinajstić information content (AvgIpc) is 3.11. The van der Waals surface area contributed by atoms with E-state index in [1.165, 1.54) is 27.8 Å². The third-order valence-electron chi connectivity index (χ3n) is 4.95. The molecule has 0 amide bonds. The standard InChI is InChI=1S/C24H25N3O/c1-17-26-23-12-11-20(15-24(23)27-17)18-7-9-19(10-8-18)22-6-4-3-5-21(22)16-25-13-14-28-2/h3-12,15,25H,13-14,16H2,1-2H3,(H,26,27). The Balaban J connectivity index is 1.57. The van der Waals surface area contributed by atoms with Crippen molar-refractivity contribution in [1.29, 1.82) is 0 Å². The summed E-state index contributed by atoms with van der Waals surface area (Å²) >= 11 is 0. The molecule has 0 atom stereocenters. The van der Waals surface area contributed by atoms with Crippen molar-refractivity contribution in [1.82, 2.24) is 15.3 Å². The van der Waals surface area contributed by atoms with E-state index in [4.69, 9.17) is 4.74 Å². The number of ether oxygens (including phenoxy) is 1. The number of hydrogen-bond donors (Lipinski definition) is 2. The number of hydrogen-bond acceptors (Lipinski definition) is 3. The van der Waals surface area contributed by atoms with E-state index in [1.54, 1.807) is 7.11 Å². The minimum Gasteiger partial charge on any atom is -0.383 e. The van der Waals surface area contributed by atoms with Gasteiger partial charge in [0, 0.05) is 20.2 Å². The van der Waals surface area contributed by atoms with Gasteiger partial charge in [0.15, 0.2) is 0 Å². The van der Waals surface area contributed by atoms with Crippen LogP contribution in [0.15, 0.2) is 66.7 Å². The number of H-pyrrole nitrogens is 1. The average molecular weight is 371 g/mol. The van der Waals surface area contributed by atoms with Gasteiger partial charge in [0.05, 0.1) is 17.6 Å². The number of nitrogens with zero attached hydrogens (tertiary/aromatic N) is 1. The number of benzene rings is 3. The first-order valence-electron chi connectivity index (χ1n) is 9.59. The summed E-state index contributed by atoms with van der Waals surface area (Å²) in [5.41, 5.74) is 8.26. The smallest absolute Gasteiger partial charge is 0.104 e. The summed E-state index contributed by atoms with van der Waals surface area (Å²) < 4.78 is 5.11. The molecule has 28 heavy (non-hydrogen) atoms. The van der Waals surface area contributed by atoms with Crippen LogP contribution in [0.25, 0.3) is 33.3 Å². The molecule has 1 aromatic heterocycles. The number of fused-ring (bicyclic) bond motifs is 1. The third-order valence-corrected chi connectivity index (χ3v) is 4.95. The Morgan fingerprint density at radius 1 is 0.929 bits per heavy atom.